The molecule has 6 amide bonds. The topological polar surface area (TPSA) is 409 Å². The van der Waals surface area contributed by atoms with Crippen LogP contribution in [0.25, 0.3) is 0 Å². The number of amides is 6. The number of aliphatic hydroxyl groups is 2. The van der Waals surface area contributed by atoms with Crippen molar-refractivity contribution >= 4 is 122 Å². The van der Waals surface area contributed by atoms with Crippen molar-refractivity contribution in [3.8, 4) is 35.5 Å². The van der Waals surface area contributed by atoms with Gasteiger partial charge in [0.05, 0.1) is 75.8 Å². The molecule has 110 heavy (non-hydrogen) atoms. The average Bonchev–Trinajstić information content (AvgIpc) is 0.821. The van der Waals surface area contributed by atoms with Crippen molar-refractivity contribution < 1.29 is 72.3 Å². The maximum Gasteiger partial charge on any atom is 0.369 e. The quantitative estimate of drug-likeness (QED) is 0.0517. The fraction of sp³-hybridized carbons (Fsp3) is 0.425. The maximum absolute atomic E-state index is 13.0. The minimum Gasteiger partial charge on any atom is -0.487 e. The zero-order valence-corrected chi connectivity index (χ0v) is 67.3. The van der Waals surface area contributed by atoms with Crippen molar-refractivity contribution in [3.63, 3.8) is 0 Å². The summed E-state index contributed by atoms with van der Waals surface area (Å²) < 4.78 is 22.2. The Morgan fingerprint density at radius 2 is 0.782 bits per heavy atom. The fourth-order valence-corrected chi connectivity index (χ4v) is 10.8. The highest BCUT2D eigenvalue weighted by Gasteiger charge is 2.28. The van der Waals surface area contributed by atoms with E-state index >= 15 is 0 Å². The van der Waals surface area contributed by atoms with E-state index in [-0.39, 0.29) is 154 Å². The molecule has 9 heterocycles. The largest absolute Gasteiger partial charge is 0.487 e. The number of methoxy groups -OCH3 is 1. The van der Waals surface area contributed by atoms with E-state index in [1.165, 1.54) is 59.5 Å². The zero-order chi connectivity index (χ0) is 80.9. The molecule has 0 unspecified atom stereocenters. The fourth-order valence-electron chi connectivity index (χ4n) is 10.8. The van der Waals surface area contributed by atoms with E-state index < -0.39 is 12.2 Å². The third kappa shape index (κ3) is 26.6. The molecule has 2 N–H and O–H groups in total. The van der Waals surface area contributed by atoms with Gasteiger partial charge < -0.3 is 43.9 Å². The number of aliphatic hydroxyl groups excluding tert-OH is 2. The van der Waals surface area contributed by atoms with Gasteiger partial charge >= 0.3 is 3.18 Å². The van der Waals surface area contributed by atoms with Crippen LogP contribution in [0.1, 0.15) is 103 Å². The number of aldehydes is 3. The number of halogens is 3. The predicted molar refractivity (Wildman–Crippen MR) is 415 cm³/mol. The van der Waals surface area contributed by atoms with Crippen LogP contribution in [0, 0.1) is 34.0 Å². The molecule has 37 heteroatoms. The number of pyridine rings is 6. The minimum atomic E-state index is -0.527. The van der Waals surface area contributed by atoms with E-state index in [4.69, 9.17) is 18.9 Å². The summed E-state index contributed by atoms with van der Waals surface area (Å²) in [4.78, 5) is 151. The number of nitrogens with zero attached hydrogens (tertiary/aromatic N) is 18. The molecule has 3 aliphatic rings. The molecule has 3 fully saturated rings. The van der Waals surface area contributed by atoms with Gasteiger partial charge in [0.15, 0.2) is 18.9 Å². The van der Waals surface area contributed by atoms with Gasteiger partial charge in [0.25, 0.3) is 0 Å². The molecule has 3 aliphatic heterocycles. The molecule has 33 nitrogen and oxygen atoms in total. The predicted octanol–water partition coefficient (Wildman–Crippen LogP) is 4.01. The van der Waals surface area contributed by atoms with Gasteiger partial charge in [-0.1, -0.05) is 18.2 Å². The highest BCUT2D eigenvalue weighted by molar-refractivity contribution is 9.69. The number of carbonyl (C=O) groups excluding carboxylic acids is 9. The SMILES string of the molecule is BrB(Br)Br.COC[C@@H](C)Oc1cc(CC(=O)N(C)c2ccc(CN3CCN(C)CC3=O)c(C=O)n2)ncc1C#N.C[C@H](CO)Oc1cc(CC(=O)N(C)c2ccc(CN3CCN(C)CC3=O)c(C=O)n2)ncc1C#N.C[C@H](CO)Oc1cc(CC(=O)N(C)c2ccc(CN3CCN(C)CC3=O)c(C=O)n2)ncc1C#N. The molecule has 0 spiro atoms. The summed E-state index contributed by atoms with van der Waals surface area (Å²) >= 11 is 9.31. The van der Waals surface area contributed by atoms with Crippen LogP contribution >= 0.6 is 47.3 Å². The monoisotopic (exact) mass is 1700 g/mol. The van der Waals surface area contributed by atoms with Gasteiger partial charge in [-0.2, -0.15) is 15.8 Å². The Morgan fingerprint density at radius 1 is 0.509 bits per heavy atom. The second-order valence-electron chi connectivity index (χ2n) is 25.7. The molecule has 0 radical (unpaired) electrons. The van der Waals surface area contributed by atoms with Crippen molar-refractivity contribution in [2.75, 3.05) is 143 Å². The Kier molecular flexibility index (Phi) is 35.4. The highest BCUT2D eigenvalue weighted by atomic mass is 79.9. The van der Waals surface area contributed by atoms with Crippen molar-refractivity contribution in [2.24, 2.45) is 0 Å². The van der Waals surface area contributed by atoms with Gasteiger partial charge in [0.1, 0.15) is 105 Å². The number of carbonyl (C=O) groups is 9. The second-order valence-corrected chi connectivity index (χ2v) is 32.2. The summed E-state index contributed by atoms with van der Waals surface area (Å²) in [5, 5.41) is 46.3. The molecule has 0 aliphatic carbocycles. The standard InChI is InChI=1S/C25H30N6O5.2C24H28N6O5.BBr3/c1-17(16-35-4)36-22-9-20(27-12-19(22)11-26)10-24(33)30(3)23-6-5-18(21(15-32)28-23)13-31-8-7-29(2)14-25(31)34;2*1-16(14-31)35-21-8-19(26-11-18(21)10-25)9-23(33)29(3)22-5-4-17(20(15-32)27-22)12-30-7-6-28(2)13-24(30)34;2-1(3)4/h5-6,9,12,15,17H,7-8,10,13-14,16H2,1-4H3;2*4-5,8,11,15-16,31H,6-7,9,12-14H2,1-3H3;/t17-;2*16-;/m111./s1. The summed E-state index contributed by atoms with van der Waals surface area (Å²) in [6.45, 7) is 10.8. The first kappa shape index (κ1) is 88.8. The number of hydrogen-bond acceptors (Lipinski definition) is 27. The first-order valence-corrected chi connectivity index (χ1v) is 37.1. The van der Waals surface area contributed by atoms with Gasteiger partial charge in [0, 0.05) is 141 Å². The number of likely N-dealkylation sites (N-methyl/N-ethyl adjacent to an activating group) is 6. The van der Waals surface area contributed by atoms with E-state index in [0.717, 1.165) is 19.6 Å². The normalized spacial score (nSPS) is 14.5. The third-order valence-electron chi connectivity index (χ3n) is 17.1. The van der Waals surface area contributed by atoms with Crippen molar-refractivity contribution in [2.45, 2.75) is 78.0 Å². The van der Waals surface area contributed by atoms with Crippen LogP contribution in [0.4, 0.5) is 17.5 Å². The number of ether oxygens (including phenoxy) is 4. The lowest BCUT2D eigenvalue weighted by molar-refractivity contribution is -0.136. The molecule has 3 atom stereocenters. The Hall–Kier alpha value is -10.1. The van der Waals surface area contributed by atoms with Crippen LogP contribution in [-0.4, -0.2) is 273 Å². The van der Waals surface area contributed by atoms with Gasteiger partial charge in [-0.05, 0) is 60.1 Å². The molecule has 9 rings (SSSR count). The Morgan fingerprint density at radius 3 is 1.02 bits per heavy atom. The molecule has 0 aromatic carbocycles. The summed E-state index contributed by atoms with van der Waals surface area (Å²) in [5.74, 6) is 0.635. The number of hydrogen-bond donors (Lipinski definition) is 2. The molecular weight excluding hydrogens is 1620 g/mol. The van der Waals surface area contributed by atoms with Crippen molar-refractivity contribution in [1.29, 1.82) is 15.8 Å². The van der Waals surface area contributed by atoms with E-state index in [1.807, 2.05) is 61.0 Å². The molecule has 6 aromatic heterocycles. The van der Waals surface area contributed by atoms with Crippen LogP contribution in [-0.2, 0) is 72.4 Å². The third-order valence-corrected chi connectivity index (χ3v) is 17.1. The number of piperazine rings is 3. The molecule has 0 bridgehead atoms. The lowest BCUT2D eigenvalue weighted by atomic mass is 10.1. The van der Waals surface area contributed by atoms with Gasteiger partial charge in [-0.15, -0.1) is 47.3 Å². The molecular formula is C73H86BBr3N18O15. The van der Waals surface area contributed by atoms with Gasteiger partial charge in [-0.25, -0.2) is 15.0 Å². The van der Waals surface area contributed by atoms with E-state index in [1.54, 1.807) is 85.2 Å². The van der Waals surface area contributed by atoms with E-state index in [2.05, 4.69) is 77.2 Å². The van der Waals surface area contributed by atoms with Gasteiger partial charge in [-0.3, -0.25) is 87.5 Å². The Balaban J connectivity index is 0.000000251. The lowest BCUT2D eigenvalue weighted by Crippen LogP contribution is -2.48. The summed E-state index contributed by atoms with van der Waals surface area (Å²) in [5.41, 5.74) is 4.17. The summed E-state index contributed by atoms with van der Waals surface area (Å²) in [7, 11) is 11.8. The summed E-state index contributed by atoms with van der Waals surface area (Å²) in [6, 6.07) is 20.5. The minimum absolute atomic E-state index is 0.00755. The number of aromatic nitrogens is 6. The zero-order valence-electron chi connectivity index (χ0n) is 62.6. The molecule has 6 aromatic rings. The van der Waals surface area contributed by atoms with E-state index in [9.17, 15) is 69.1 Å². The first-order valence-electron chi connectivity index (χ1n) is 34.3. The molecule has 0 saturated carbocycles. The number of nitriles is 3. The summed E-state index contributed by atoms with van der Waals surface area (Å²) in [6.07, 6.45) is 4.27. The second kappa shape index (κ2) is 43.9. The molecule has 582 valence electrons. The van der Waals surface area contributed by atoms with Gasteiger partial charge in [0.2, 0.25) is 35.4 Å². The smallest absolute Gasteiger partial charge is 0.369 e. The first-order chi connectivity index (χ1) is 52.5. The van der Waals surface area contributed by atoms with Crippen LogP contribution < -0.4 is 28.9 Å². The van der Waals surface area contributed by atoms with Crippen LogP contribution in [0.3, 0.4) is 0 Å². The maximum atomic E-state index is 13.0. The average molecular weight is 1710 g/mol. The van der Waals surface area contributed by atoms with Crippen LogP contribution in [0.15, 0.2) is 73.2 Å². The Bertz CT molecular complexity index is 4220. The lowest BCUT2D eigenvalue weighted by Gasteiger charge is -2.32. The van der Waals surface area contributed by atoms with E-state index in [0.29, 0.717) is 110 Å². The molecule has 3 saturated heterocycles. The van der Waals surface area contributed by atoms with Crippen molar-refractivity contribution in [3.05, 3.63) is 141 Å². The van der Waals surface area contributed by atoms with Crippen molar-refractivity contribution in [1.82, 2.24) is 59.3 Å². The number of rotatable bonds is 28. The number of anilines is 3. The Labute approximate surface area is 662 Å². The van der Waals surface area contributed by atoms with Crippen LogP contribution in [0.2, 0.25) is 0 Å². The van der Waals surface area contributed by atoms with Crippen LogP contribution in [0.5, 0.6) is 17.2 Å². The highest BCUT2D eigenvalue weighted by Crippen LogP contribution is 2.27.